The van der Waals surface area contributed by atoms with Gasteiger partial charge in [-0.1, -0.05) is 12.1 Å². The molecule has 1 fully saturated rings. The number of amides is 3. The number of ether oxygens (including phenoxy) is 1. The van der Waals surface area contributed by atoms with Crippen LogP contribution in [0.4, 0.5) is 9.18 Å². The molecule has 3 amide bonds. The third-order valence-corrected chi connectivity index (χ3v) is 7.54. The molecule has 3 aromatic rings. The largest absolute Gasteiger partial charge is 0.508 e. The number of benzene rings is 2. The van der Waals surface area contributed by atoms with E-state index < -0.39 is 23.4 Å². The highest BCUT2D eigenvalue weighted by Crippen LogP contribution is 2.49. The molecule has 0 saturated carbocycles. The van der Waals surface area contributed by atoms with Gasteiger partial charge < -0.3 is 24.8 Å². The number of H-pyrrole nitrogens is 1. The minimum Gasteiger partial charge on any atom is -0.508 e. The van der Waals surface area contributed by atoms with E-state index in [0.29, 0.717) is 47.2 Å². The molecule has 9 nitrogen and oxygen atoms in total. The van der Waals surface area contributed by atoms with Gasteiger partial charge in [0.05, 0.1) is 13.7 Å². The summed E-state index contributed by atoms with van der Waals surface area (Å²) in [6, 6.07) is 8.66. The normalized spacial score (nSPS) is 21.2. The molecule has 1 aromatic heterocycles. The maximum Gasteiger partial charge on any atom is 0.328 e. The number of aromatic hydroxyl groups is 1. The third-order valence-electron chi connectivity index (χ3n) is 7.54. The number of nitrogens with zero attached hydrogens (tertiary/aromatic N) is 3. The molecule has 3 heterocycles. The standard InChI is InChI=1S/C27H31FN4O5/c1-27-15-18-21-19(8-9-20(37-3)22(21)28)29-23(18)24(16-6-4-7-17(34)14-16)32(27)26(36)31(25(27)35)11-5-10-30(2)12-13-33/h4,6-9,14,24,29,33-34H,5,10-13,15H2,1-3H3. The van der Waals surface area contributed by atoms with Crippen molar-refractivity contribution in [3.05, 3.63) is 59.0 Å². The van der Waals surface area contributed by atoms with E-state index in [9.17, 15) is 14.7 Å². The number of hydrogen-bond acceptors (Lipinski definition) is 6. The molecule has 0 bridgehead atoms. The first kappa shape index (κ1) is 25.0. The van der Waals surface area contributed by atoms with Crippen molar-refractivity contribution < 1.29 is 28.9 Å². The van der Waals surface area contributed by atoms with E-state index in [1.165, 1.54) is 24.1 Å². The highest BCUT2D eigenvalue weighted by atomic mass is 19.1. The molecular formula is C27H31FN4O5. The molecule has 2 unspecified atom stereocenters. The molecule has 3 N–H and O–H groups in total. The summed E-state index contributed by atoms with van der Waals surface area (Å²) in [4.78, 5) is 35.7. The zero-order chi connectivity index (χ0) is 26.5. The van der Waals surface area contributed by atoms with Crippen LogP contribution >= 0.6 is 0 Å². The van der Waals surface area contributed by atoms with Crippen LogP contribution in [0.2, 0.25) is 0 Å². The summed E-state index contributed by atoms with van der Waals surface area (Å²) in [5.74, 6) is -0.740. The number of hydrogen-bond donors (Lipinski definition) is 3. The van der Waals surface area contributed by atoms with Crippen molar-refractivity contribution in [2.75, 3.05) is 40.4 Å². The topological polar surface area (TPSA) is 109 Å². The number of phenols is 1. The van der Waals surface area contributed by atoms with E-state index in [0.717, 1.165) is 0 Å². The molecule has 2 atom stereocenters. The number of halogens is 1. The number of aliphatic hydroxyl groups excluding tert-OH is 1. The molecule has 2 aromatic carbocycles. The Balaban J connectivity index is 1.62. The number of aliphatic hydroxyl groups is 1. The van der Waals surface area contributed by atoms with Gasteiger partial charge in [0.15, 0.2) is 11.6 Å². The van der Waals surface area contributed by atoms with E-state index >= 15 is 4.39 Å². The SMILES string of the molecule is COc1ccc2[nH]c3c(c2c1F)CC1(C)C(=O)N(CCCN(C)CCO)C(=O)N1C3c1cccc(O)c1. The first-order chi connectivity index (χ1) is 17.7. The number of urea groups is 1. The fraction of sp³-hybridized carbons (Fsp3) is 0.407. The number of aromatic amines is 1. The van der Waals surface area contributed by atoms with Crippen molar-refractivity contribution in [2.45, 2.75) is 31.3 Å². The van der Waals surface area contributed by atoms with E-state index in [4.69, 9.17) is 9.84 Å². The summed E-state index contributed by atoms with van der Waals surface area (Å²) in [7, 11) is 3.27. The molecule has 10 heteroatoms. The van der Waals surface area contributed by atoms with Crippen molar-refractivity contribution in [1.82, 2.24) is 19.7 Å². The molecule has 5 rings (SSSR count). The first-order valence-electron chi connectivity index (χ1n) is 12.3. The lowest BCUT2D eigenvalue weighted by Gasteiger charge is -2.42. The van der Waals surface area contributed by atoms with Crippen LogP contribution in [0.1, 0.15) is 36.2 Å². The number of imide groups is 1. The lowest BCUT2D eigenvalue weighted by molar-refractivity contribution is -0.133. The van der Waals surface area contributed by atoms with Crippen LogP contribution in [0.5, 0.6) is 11.5 Å². The highest BCUT2D eigenvalue weighted by Gasteiger charge is 2.60. The average molecular weight is 511 g/mol. The number of nitrogens with one attached hydrogen (secondary N) is 1. The van der Waals surface area contributed by atoms with Gasteiger partial charge in [0.2, 0.25) is 0 Å². The van der Waals surface area contributed by atoms with Crippen LogP contribution in [0.3, 0.4) is 0 Å². The Bertz CT molecular complexity index is 1370. The summed E-state index contributed by atoms with van der Waals surface area (Å²) >= 11 is 0. The number of fused-ring (bicyclic) bond motifs is 4. The van der Waals surface area contributed by atoms with E-state index in [2.05, 4.69) is 4.98 Å². The van der Waals surface area contributed by atoms with Gasteiger partial charge in [-0.05, 0) is 62.3 Å². The number of carbonyl (C=O) groups excluding carboxylic acids is 2. The van der Waals surface area contributed by atoms with Gasteiger partial charge in [0, 0.05) is 36.1 Å². The summed E-state index contributed by atoms with van der Waals surface area (Å²) in [5, 5.41) is 19.7. The monoisotopic (exact) mass is 510 g/mol. The summed E-state index contributed by atoms with van der Waals surface area (Å²) in [6.07, 6.45) is 0.683. The molecular weight excluding hydrogens is 479 g/mol. The van der Waals surface area contributed by atoms with E-state index in [1.54, 1.807) is 36.1 Å². The van der Waals surface area contributed by atoms with Crippen LogP contribution < -0.4 is 4.74 Å². The van der Waals surface area contributed by atoms with Gasteiger partial charge in [0.25, 0.3) is 5.91 Å². The summed E-state index contributed by atoms with van der Waals surface area (Å²) in [6.45, 7) is 3.09. The maximum atomic E-state index is 15.5. The Hall–Kier alpha value is -3.63. The minimum absolute atomic E-state index is 0.0250. The maximum absolute atomic E-state index is 15.5. The molecule has 0 aliphatic carbocycles. The molecule has 2 aliphatic rings. The van der Waals surface area contributed by atoms with Crippen molar-refractivity contribution in [3.63, 3.8) is 0 Å². The number of rotatable bonds is 8. The predicted octanol–water partition coefficient (Wildman–Crippen LogP) is 3.00. The van der Waals surface area contributed by atoms with Gasteiger partial charge in [-0.25, -0.2) is 9.18 Å². The van der Waals surface area contributed by atoms with Gasteiger partial charge >= 0.3 is 6.03 Å². The van der Waals surface area contributed by atoms with Crippen molar-refractivity contribution in [1.29, 1.82) is 0 Å². The Morgan fingerprint density at radius 1 is 1.24 bits per heavy atom. The second-order valence-electron chi connectivity index (χ2n) is 9.96. The minimum atomic E-state index is -1.25. The molecule has 0 spiro atoms. The third kappa shape index (κ3) is 3.91. The van der Waals surface area contributed by atoms with Crippen LogP contribution in [0.15, 0.2) is 36.4 Å². The number of methoxy groups -OCH3 is 1. The van der Waals surface area contributed by atoms with E-state index in [-0.39, 0.29) is 37.0 Å². The van der Waals surface area contributed by atoms with E-state index in [1.807, 2.05) is 11.9 Å². The average Bonchev–Trinajstić information content (AvgIpc) is 3.31. The van der Waals surface area contributed by atoms with Crippen molar-refractivity contribution >= 4 is 22.8 Å². The molecule has 1 saturated heterocycles. The number of aromatic nitrogens is 1. The van der Waals surface area contributed by atoms with Crippen LogP contribution in [0.25, 0.3) is 10.9 Å². The summed E-state index contributed by atoms with van der Waals surface area (Å²) < 4.78 is 20.7. The zero-order valence-electron chi connectivity index (χ0n) is 21.1. The molecule has 0 radical (unpaired) electrons. The van der Waals surface area contributed by atoms with Crippen molar-refractivity contribution in [2.24, 2.45) is 0 Å². The van der Waals surface area contributed by atoms with Crippen LogP contribution in [-0.2, 0) is 11.2 Å². The zero-order valence-corrected chi connectivity index (χ0v) is 21.1. The van der Waals surface area contributed by atoms with Crippen LogP contribution in [0, 0.1) is 5.82 Å². The lowest BCUT2D eigenvalue weighted by atomic mass is 9.81. The molecule has 196 valence electrons. The smallest absolute Gasteiger partial charge is 0.328 e. The molecule has 2 aliphatic heterocycles. The second kappa shape index (κ2) is 9.35. The Morgan fingerprint density at radius 3 is 2.73 bits per heavy atom. The highest BCUT2D eigenvalue weighted by molar-refractivity contribution is 6.08. The van der Waals surface area contributed by atoms with Gasteiger partial charge in [0.1, 0.15) is 17.3 Å². The van der Waals surface area contributed by atoms with Gasteiger partial charge in [-0.3, -0.25) is 14.6 Å². The first-order valence-corrected chi connectivity index (χ1v) is 12.3. The van der Waals surface area contributed by atoms with Gasteiger partial charge in [-0.15, -0.1) is 0 Å². The van der Waals surface area contributed by atoms with Crippen LogP contribution in [-0.4, -0.2) is 87.8 Å². The Morgan fingerprint density at radius 2 is 2.03 bits per heavy atom. The Kier molecular flexibility index (Phi) is 6.33. The number of likely N-dealkylation sites (N-methyl/N-ethyl adjacent to an activating group) is 1. The quantitative estimate of drug-likeness (QED) is 0.402. The lowest BCUT2D eigenvalue weighted by Crippen LogP contribution is -2.53. The van der Waals surface area contributed by atoms with Crippen molar-refractivity contribution in [3.8, 4) is 11.5 Å². The number of carbonyl (C=O) groups is 2. The van der Waals surface area contributed by atoms with Gasteiger partial charge in [-0.2, -0.15) is 0 Å². The predicted molar refractivity (Wildman–Crippen MR) is 135 cm³/mol. The Labute approximate surface area is 214 Å². The molecule has 37 heavy (non-hydrogen) atoms. The second-order valence-corrected chi connectivity index (χ2v) is 9.96. The fourth-order valence-corrected chi connectivity index (χ4v) is 5.73. The fourth-order valence-electron chi connectivity index (χ4n) is 5.73. The summed E-state index contributed by atoms with van der Waals surface area (Å²) in [5.41, 5.74) is 1.13. The number of phenolic OH excluding ortho intramolecular Hbond substituents is 1.